The highest BCUT2D eigenvalue weighted by molar-refractivity contribution is 5.93. The van der Waals surface area contributed by atoms with Gasteiger partial charge in [-0.1, -0.05) is 18.2 Å². The summed E-state index contributed by atoms with van der Waals surface area (Å²) >= 11 is 0. The van der Waals surface area contributed by atoms with Crippen LogP contribution in [0, 0.1) is 0 Å². The Morgan fingerprint density at radius 1 is 1.09 bits per heavy atom. The number of ether oxygens (including phenoxy) is 2. The lowest BCUT2D eigenvalue weighted by molar-refractivity contribution is -0.304. The standard InChI is InChI=1S/C18H15NO4/c20-17(21)10-13-12-3-1-2-4-14(12)19-18(13)11-5-6-15-16(9-11)23-8-7-22-15/h1-6,9,19H,7-8,10H2,(H,20,21)/p-1. The van der Waals surface area contributed by atoms with Gasteiger partial charge in [0.25, 0.3) is 0 Å². The molecule has 1 N–H and O–H groups in total. The number of rotatable bonds is 3. The van der Waals surface area contributed by atoms with E-state index in [2.05, 4.69) is 4.98 Å². The van der Waals surface area contributed by atoms with Gasteiger partial charge in [0.2, 0.25) is 0 Å². The lowest BCUT2D eigenvalue weighted by Crippen LogP contribution is -2.24. The molecule has 0 unspecified atom stereocenters. The first-order chi connectivity index (χ1) is 11.2. The first-order valence-electron chi connectivity index (χ1n) is 7.42. The van der Waals surface area contributed by atoms with Crippen molar-refractivity contribution in [3.05, 3.63) is 48.0 Å². The highest BCUT2D eigenvalue weighted by Gasteiger charge is 2.17. The monoisotopic (exact) mass is 308 g/mol. The van der Waals surface area contributed by atoms with Crippen LogP contribution >= 0.6 is 0 Å². The fraction of sp³-hybridized carbons (Fsp3) is 0.167. The lowest BCUT2D eigenvalue weighted by atomic mass is 10.0. The number of carboxylic acid groups (broad SMARTS) is 1. The number of fused-ring (bicyclic) bond motifs is 2. The third-order valence-electron chi connectivity index (χ3n) is 3.97. The van der Waals surface area contributed by atoms with E-state index in [0.29, 0.717) is 24.7 Å². The van der Waals surface area contributed by atoms with E-state index in [1.165, 1.54) is 0 Å². The van der Waals surface area contributed by atoms with E-state index < -0.39 is 5.97 Å². The number of carbonyl (C=O) groups is 1. The van der Waals surface area contributed by atoms with Gasteiger partial charge in [0.05, 0.1) is 5.69 Å². The number of nitrogens with one attached hydrogen (secondary N) is 1. The third-order valence-corrected chi connectivity index (χ3v) is 3.97. The summed E-state index contributed by atoms with van der Waals surface area (Å²) in [5.41, 5.74) is 3.25. The van der Waals surface area contributed by atoms with Gasteiger partial charge >= 0.3 is 0 Å². The molecule has 0 atom stereocenters. The highest BCUT2D eigenvalue weighted by atomic mass is 16.6. The zero-order valence-electron chi connectivity index (χ0n) is 12.3. The highest BCUT2D eigenvalue weighted by Crippen LogP contribution is 2.37. The Labute approximate surface area is 132 Å². The molecule has 0 saturated heterocycles. The minimum absolute atomic E-state index is 0.145. The molecule has 5 nitrogen and oxygen atoms in total. The largest absolute Gasteiger partial charge is 0.550 e. The van der Waals surface area contributed by atoms with Crippen LogP contribution in [-0.4, -0.2) is 24.2 Å². The Hall–Kier alpha value is -2.95. The summed E-state index contributed by atoms with van der Waals surface area (Å²) in [6, 6.07) is 13.3. The predicted octanol–water partition coefficient (Wildman–Crippen LogP) is 1.90. The Kier molecular flexibility index (Phi) is 3.19. The quantitative estimate of drug-likeness (QED) is 0.802. The molecule has 0 aliphatic carbocycles. The van der Waals surface area contributed by atoms with E-state index in [0.717, 1.165) is 27.7 Å². The Balaban J connectivity index is 1.89. The van der Waals surface area contributed by atoms with Crippen LogP contribution in [0.4, 0.5) is 0 Å². The second-order valence-electron chi connectivity index (χ2n) is 5.43. The first-order valence-corrected chi connectivity index (χ1v) is 7.42. The van der Waals surface area contributed by atoms with Crippen molar-refractivity contribution >= 4 is 16.9 Å². The third kappa shape index (κ3) is 2.40. The maximum atomic E-state index is 11.2. The fourth-order valence-corrected chi connectivity index (χ4v) is 2.97. The van der Waals surface area contributed by atoms with E-state index in [1.807, 2.05) is 42.5 Å². The number of aromatic amines is 1. The van der Waals surface area contributed by atoms with Crippen LogP contribution in [-0.2, 0) is 11.2 Å². The van der Waals surface area contributed by atoms with E-state index >= 15 is 0 Å². The fourth-order valence-electron chi connectivity index (χ4n) is 2.97. The van der Waals surface area contributed by atoms with Crippen molar-refractivity contribution in [3.8, 4) is 22.8 Å². The molecule has 2 heterocycles. The molecule has 0 spiro atoms. The normalized spacial score (nSPS) is 13.2. The summed E-state index contributed by atoms with van der Waals surface area (Å²) in [6.07, 6.45) is -0.145. The predicted molar refractivity (Wildman–Crippen MR) is 83.4 cm³/mol. The van der Waals surface area contributed by atoms with Crippen LogP contribution in [0.1, 0.15) is 5.56 Å². The smallest absolute Gasteiger partial charge is 0.162 e. The molecule has 0 amide bonds. The summed E-state index contributed by atoms with van der Waals surface area (Å²) < 4.78 is 11.1. The van der Waals surface area contributed by atoms with Gasteiger partial charge in [-0.25, -0.2) is 0 Å². The van der Waals surface area contributed by atoms with Crippen molar-refractivity contribution in [1.29, 1.82) is 0 Å². The summed E-state index contributed by atoms with van der Waals surface area (Å²) in [7, 11) is 0. The molecule has 1 aromatic heterocycles. The molecule has 23 heavy (non-hydrogen) atoms. The van der Waals surface area contributed by atoms with Crippen LogP contribution < -0.4 is 14.6 Å². The van der Waals surface area contributed by atoms with E-state index in [-0.39, 0.29) is 6.42 Å². The Bertz CT molecular complexity index is 897. The molecule has 0 fully saturated rings. The second-order valence-corrected chi connectivity index (χ2v) is 5.43. The topological polar surface area (TPSA) is 74.4 Å². The van der Waals surface area contributed by atoms with Gasteiger partial charge in [-0.2, -0.15) is 0 Å². The van der Waals surface area contributed by atoms with Crippen molar-refractivity contribution < 1.29 is 19.4 Å². The minimum Gasteiger partial charge on any atom is -0.550 e. The van der Waals surface area contributed by atoms with Gasteiger partial charge in [-0.05, 0) is 29.8 Å². The van der Waals surface area contributed by atoms with Crippen LogP contribution in [0.5, 0.6) is 11.5 Å². The number of carboxylic acids is 1. The molecule has 4 rings (SSSR count). The average molecular weight is 308 g/mol. The number of para-hydroxylation sites is 1. The summed E-state index contributed by atoms with van der Waals surface area (Å²) in [5.74, 6) is 0.276. The molecular formula is C18H14NO4-. The van der Waals surface area contributed by atoms with Gasteiger partial charge in [0.15, 0.2) is 11.5 Å². The SMILES string of the molecule is O=C([O-])Cc1c(-c2ccc3c(c2)OCCO3)[nH]c2ccccc12. The van der Waals surface area contributed by atoms with Gasteiger partial charge in [-0.3, -0.25) is 0 Å². The molecular weight excluding hydrogens is 294 g/mol. The van der Waals surface area contributed by atoms with Crippen molar-refractivity contribution in [1.82, 2.24) is 4.98 Å². The van der Waals surface area contributed by atoms with Crippen LogP contribution in [0.3, 0.4) is 0 Å². The molecule has 0 bridgehead atoms. The minimum atomic E-state index is -1.10. The van der Waals surface area contributed by atoms with E-state index in [1.54, 1.807) is 0 Å². The maximum absolute atomic E-state index is 11.2. The summed E-state index contributed by atoms with van der Waals surface area (Å²) in [6.45, 7) is 1.05. The lowest BCUT2D eigenvalue weighted by Gasteiger charge is -2.19. The molecule has 3 aromatic rings. The van der Waals surface area contributed by atoms with Crippen molar-refractivity contribution in [2.75, 3.05) is 13.2 Å². The number of hydrogen-bond acceptors (Lipinski definition) is 4. The maximum Gasteiger partial charge on any atom is 0.162 e. The number of aromatic nitrogens is 1. The Morgan fingerprint density at radius 2 is 1.87 bits per heavy atom. The van der Waals surface area contributed by atoms with Gasteiger partial charge in [0.1, 0.15) is 13.2 Å². The molecule has 1 aliphatic rings. The number of H-pyrrole nitrogens is 1. The molecule has 1 aliphatic heterocycles. The van der Waals surface area contributed by atoms with E-state index in [4.69, 9.17) is 9.47 Å². The molecule has 116 valence electrons. The molecule has 0 radical (unpaired) electrons. The van der Waals surface area contributed by atoms with Crippen LogP contribution in [0.15, 0.2) is 42.5 Å². The van der Waals surface area contributed by atoms with Gasteiger partial charge in [0, 0.05) is 28.9 Å². The molecule has 0 saturated carbocycles. The second kappa shape index (κ2) is 5.35. The number of aliphatic carboxylic acids is 1. The van der Waals surface area contributed by atoms with Crippen molar-refractivity contribution in [2.24, 2.45) is 0 Å². The zero-order valence-corrected chi connectivity index (χ0v) is 12.3. The van der Waals surface area contributed by atoms with Crippen molar-refractivity contribution in [3.63, 3.8) is 0 Å². The van der Waals surface area contributed by atoms with E-state index in [9.17, 15) is 9.90 Å². The number of carbonyl (C=O) groups excluding carboxylic acids is 1. The first kappa shape index (κ1) is 13.7. The van der Waals surface area contributed by atoms with Crippen LogP contribution in [0.2, 0.25) is 0 Å². The molecule has 2 aromatic carbocycles. The van der Waals surface area contributed by atoms with Gasteiger partial charge < -0.3 is 24.4 Å². The average Bonchev–Trinajstić information content (AvgIpc) is 2.93. The summed E-state index contributed by atoms with van der Waals surface area (Å²) in [4.78, 5) is 14.5. The van der Waals surface area contributed by atoms with Crippen LogP contribution in [0.25, 0.3) is 22.2 Å². The van der Waals surface area contributed by atoms with Gasteiger partial charge in [-0.15, -0.1) is 0 Å². The molecule has 5 heteroatoms. The zero-order chi connectivity index (χ0) is 15.8. The van der Waals surface area contributed by atoms with Crippen molar-refractivity contribution in [2.45, 2.75) is 6.42 Å². The number of benzene rings is 2. The Morgan fingerprint density at radius 3 is 2.70 bits per heavy atom. The summed E-state index contributed by atoms with van der Waals surface area (Å²) in [5, 5.41) is 12.0. The number of hydrogen-bond donors (Lipinski definition) is 1.